The molecule has 0 radical (unpaired) electrons. The van der Waals surface area contributed by atoms with Gasteiger partial charge in [-0.3, -0.25) is 9.59 Å². The van der Waals surface area contributed by atoms with Gasteiger partial charge in [-0.15, -0.1) is 0 Å². The van der Waals surface area contributed by atoms with E-state index in [0.717, 1.165) is 45.2 Å². The molecule has 2 aliphatic rings. The number of hydrogen-bond acceptors (Lipinski definition) is 3. The smallest absolute Gasteiger partial charge is 0.242 e. The molecule has 2 amide bonds. The van der Waals surface area contributed by atoms with Crippen molar-refractivity contribution < 1.29 is 9.59 Å². The zero-order chi connectivity index (χ0) is 13.0. The fourth-order valence-electron chi connectivity index (χ4n) is 2.74. The van der Waals surface area contributed by atoms with Gasteiger partial charge in [0.2, 0.25) is 11.8 Å². The van der Waals surface area contributed by atoms with Crippen LogP contribution < -0.4 is 16.0 Å². The summed E-state index contributed by atoms with van der Waals surface area (Å²) in [7, 11) is 0. The molecule has 2 fully saturated rings. The molecule has 2 rings (SSSR count). The predicted molar refractivity (Wildman–Crippen MR) is 69.0 cm³/mol. The fraction of sp³-hybridized carbons (Fsp3) is 0.846. The maximum atomic E-state index is 12.2. The van der Waals surface area contributed by atoms with Gasteiger partial charge < -0.3 is 16.0 Å². The molecule has 2 saturated heterocycles. The standard InChI is InChI=1S/C13H23N3O2/c1-9-5-4-8-14-11(9)13(18)16-10-6-2-3-7-15-12(10)17/h9-11,14H,2-8H2,1H3,(H,15,17)(H,16,18). The molecule has 0 spiro atoms. The number of hydrogen-bond donors (Lipinski definition) is 3. The quantitative estimate of drug-likeness (QED) is 0.656. The molecule has 18 heavy (non-hydrogen) atoms. The lowest BCUT2D eigenvalue weighted by Crippen LogP contribution is -2.55. The number of rotatable bonds is 2. The van der Waals surface area contributed by atoms with Crippen LogP contribution in [0, 0.1) is 5.92 Å². The number of carbonyl (C=O) groups is 2. The van der Waals surface area contributed by atoms with Gasteiger partial charge in [-0.2, -0.15) is 0 Å². The Morgan fingerprint density at radius 3 is 2.83 bits per heavy atom. The topological polar surface area (TPSA) is 70.2 Å². The lowest BCUT2D eigenvalue weighted by molar-refractivity contribution is -0.130. The van der Waals surface area contributed by atoms with Gasteiger partial charge in [-0.05, 0) is 44.6 Å². The third-order valence-electron chi connectivity index (χ3n) is 3.90. The molecule has 0 aromatic rings. The van der Waals surface area contributed by atoms with Crippen LogP contribution >= 0.6 is 0 Å². The van der Waals surface area contributed by atoms with Crippen LogP contribution in [-0.4, -0.2) is 37.0 Å². The van der Waals surface area contributed by atoms with Crippen LogP contribution in [0.25, 0.3) is 0 Å². The van der Waals surface area contributed by atoms with Crippen molar-refractivity contribution >= 4 is 11.8 Å². The maximum absolute atomic E-state index is 12.2. The number of amides is 2. The summed E-state index contributed by atoms with van der Waals surface area (Å²) in [5.41, 5.74) is 0. The van der Waals surface area contributed by atoms with Gasteiger partial charge in [-0.25, -0.2) is 0 Å². The Morgan fingerprint density at radius 1 is 1.22 bits per heavy atom. The molecular formula is C13H23N3O2. The third-order valence-corrected chi connectivity index (χ3v) is 3.90. The van der Waals surface area contributed by atoms with Crippen molar-refractivity contribution in [2.45, 2.75) is 51.1 Å². The van der Waals surface area contributed by atoms with E-state index in [1.807, 2.05) is 0 Å². The van der Waals surface area contributed by atoms with Crippen LogP contribution in [0.4, 0.5) is 0 Å². The maximum Gasteiger partial charge on any atom is 0.242 e. The molecule has 2 aliphatic heterocycles. The summed E-state index contributed by atoms with van der Waals surface area (Å²) in [5, 5.41) is 8.98. The van der Waals surface area contributed by atoms with Gasteiger partial charge in [0.1, 0.15) is 6.04 Å². The highest BCUT2D eigenvalue weighted by Crippen LogP contribution is 2.16. The summed E-state index contributed by atoms with van der Waals surface area (Å²) in [6, 6.07) is -0.495. The second-order valence-electron chi connectivity index (χ2n) is 5.40. The molecular weight excluding hydrogens is 230 g/mol. The molecule has 5 heteroatoms. The lowest BCUT2D eigenvalue weighted by atomic mass is 9.92. The van der Waals surface area contributed by atoms with Crippen LogP contribution in [0.2, 0.25) is 0 Å². The van der Waals surface area contributed by atoms with Gasteiger partial charge in [0.05, 0.1) is 6.04 Å². The highest BCUT2D eigenvalue weighted by atomic mass is 16.2. The average Bonchev–Trinajstić information content (AvgIpc) is 2.55. The van der Waals surface area contributed by atoms with E-state index in [4.69, 9.17) is 0 Å². The van der Waals surface area contributed by atoms with E-state index in [1.165, 1.54) is 0 Å². The minimum absolute atomic E-state index is 0.0238. The highest BCUT2D eigenvalue weighted by Gasteiger charge is 2.30. The molecule has 2 heterocycles. The van der Waals surface area contributed by atoms with Crippen LogP contribution in [0.15, 0.2) is 0 Å². The van der Waals surface area contributed by atoms with Crippen molar-refractivity contribution in [3.05, 3.63) is 0 Å². The first-order valence-corrected chi connectivity index (χ1v) is 7.00. The van der Waals surface area contributed by atoms with Crippen LogP contribution in [-0.2, 0) is 9.59 Å². The summed E-state index contributed by atoms with van der Waals surface area (Å²) in [6.07, 6.45) is 4.92. The Hall–Kier alpha value is -1.10. The molecule has 102 valence electrons. The Labute approximate surface area is 108 Å². The van der Waals surface area contributed by atoms with Crippen LogP contribution in [0.5, 0.6) is 0 Å². The van der Waals surface area contributed by atoms with Crippen molar-refractivity contribution in [2.75, 3.05) is 13.1 Å². The Morgan fingerprint density at radius 2 is 2.06 bits per heavy atom. The van der Waals surface area contributed by atoms with E-state index in [9.17, 15) is 9.59 Å². The number of carbonyl (C=O) groups excluding carboxylic acids is 2. The molecule has 3 N–H and O–H groups in total. The summed E-state index contributed by atoms with van der Waals surface area (Å²) in [6.45, 7) is 3.70. The van der Waals surface area contributed by atoms with E-state index >= 15 is 0 Å². The first-order chi connectivity index (χ1) is 8.68. The monoisotopic (exact) mass is 253 g/mol. The Balaban J connectivity index is 1.90. The minimum Gasteiger partial charge on any atom is -0.354 e. The first kappa shape index (κ1) is 13.3. The molecule has 5 nitrogen and oxygen atoms in total. The second kappa shape index (κ2) is 6.18. The highest BCUT2D eigenvalue weighted by molar-refractivity contribution is 5.90. The molecule has 3 atom stereocenters. The molecule has 0 aliphatic carbocycles. The first-order valence-electron chi connectivity index (χ1n) is 7.00. The average molecular weight is 253 g/mol. The summed E-state index contributed by atoms with van der Waals surface area (Å²) in [4.78, 5) is 23.9. The van der Waals surface area contributed by atoms with Crippen LogP contribution in [0.3, 0.4) is 0 Å². The van der Waals surface area contributed by atoms with E-state index in [-0.39, 0.29) is 23.9 Å². The zero-order valence-electron chi connectivity index (χ0n) is 11.0. The van der Waals surface area contributed by atoms with Crippen molar-refractivity contribution in [1.82, 2.24) is 16.0 Å². The van der Waals surface area contributed by atoms with Crippen molar-refractivity contribution in [3.8, 4) is 0 Å². The molecule has 0 saturated carbocycles. The van der Waals surface area contributed by atoms with Crippen LogP contribution in [0.1, 0.15) is 39.0 Å². The van der Waals surface area contributed by atoms with Gasteiger partial charge >= 0.3 is 0 Å². The zero-order valence-corrected chi connectivity index (χ0v) is 11.0. The Kier molecular flexibility index (Phi) is 4.58. The fourth-order valence-corrected chi connectivity index (χ4v) is 2.74. The molecule has 0 bridgehead atoms. The Bertz CT molecular complexity index is 319. The van der Waals surface area contributed by atoms with Gasteiger partial charge in [0.15, 0.2) is 0 Å². The van der Waals surface area contributed by atoms with Crippen molar-refractivity contribution in [2.24, 2.45) is 5.92 Å². The van der Waals surface area contributed by atoms with E-state index in [2.05, 4.69) is 22.9 Å². The van der Waals surface area contributed by atoms with Crippen molar-refractivity contribution in [1.29, 1.82) is 0 Å². The van der Waals surface area contributed by atoms with E-state index in [0.29, 0.717) is 5.92 Å². The summed E-state index contributed by atoms with van der Waals surface area (Å²) in [5.74, 6) is 0.279. The van der Waals surface area contributed by atoms with Gasteiger partial charge in [0, 0.05) is 6.54 Å². The summed E-state index contributed by atoms with van der Waals surface area (Å²) >= 11 is 0. The van der Waals surface area contributed by atoms with Crippen molar-refractivity contribution in [3.63, 3.8) is 0 Å². The SMILES string of the molecule is CC1CCCNC1C(=O)NC1CCCCNC1=O. The number of nitrogens with one attached hydrogen (secondary N) is 3. The second-order valence-corrected chi connectivity index (χ2v) is 5.40. The molecule has 0 aromatic heterocycles. The normalized spacial score (nSPS) is 33.4. The lowest BCUT2D eigenvalue weighted by Gasteiger charge is -2.30. The summed E-state index contributed by atoms with van der Waals surface area (Å²) < 4.78 is 0. The predicted octanol–water partition coefficient (Wildman–Crippen LogP) is 0.159. The number of piperidine rings is 1. The molecule has 3 unspecified atom stereocenters. The van der Waals surface area contributed by atoms with E-state index in [1.54, 1.807) is 0 Å². The van der Waals surface area contributed by atoms with Gasteiger partial charge in [-0.1, -0.05) is 6.92 Å². The molecule has 0 aromatic carbocycles. The minimum atomic E-state index is -0.351. The van der Waals surface area contributed by atoms with E-state index < -0.39 is 0 Å². The third kappa shape index (κ3) is 3.22. The largest absolute Gasteiger partial charge is 0.354 e. The van der Waals surface area contributed by atoms with Gasteiger partial charge in [0.25, 0.3) is 0 Å².